The number of aromatic nitrogens is 1. The molecule has 0 radical (unpaired) electrons. The number of thiazole rings is 1. The van der Waals surface area contributed by atoms with E-state index in [9.17, 15) is 4.79 Å². The van der Waals surface area contributed by atoms with Gasteiger partial charge in [0.15, 0.2) is 0 Å². The van der Waals surface area contributed by atoms with E-state index in [1.807, 2.05) is 45.0 Å². The molecule has 5 heteroatoms. The highest BCUT2D eigenvalue weighted by Gasteiger charge is 2.14. The fourth-order valence-corrected chi connectivity index (χ4v) is 4.04. The van der Waals surface area contributed by atoms with Gasteiger partial charge in [0.05, 0.1) is 23.2 Å². The smallest absolute Gasteiger partial charge is 0.225 e. The minimum Gasteiger partial charge on any atom is -0.491 e. The van der Waals surface area contributed by atoms with E-state index in [-0.39, 0.29) is 12.0 Å². The summed E-state index contributed by atoms with van der Waals surface area (Å²) in [5.74, 6) is 0.902. The van der Waals surface area contributed by atoms with Crippen molar-refractivity contribution >= 4 is 17.2 Å². The van der Waals surface area contributed by atoms with E-state index in [0.29, 0.717) is 13.0 Å². The summed E-state index contributed by atoms with van der Waals surface area (Å²) < 4.78 is 5.66. The third-order valence-corrected chi connectivity index (χ3v) is 5.45. The molecular formula is C24H28N2O2S. The third kappa shape index (κ3) is 6.16. The van der Waals surface area contributed by atoms with Crippen molar-refractivity contribution in [1.82, 2.24) is 10.3 Å². The fourth-order valence-electron chi connectivity index (χ4n) is 3.09. The molecule has 0 saturated carbocycles. The summed E-state index contributed by atoms with van der Waals surface area (Å²) in [5.41, 5.74) is 4.37. The molecular weight excluding hydrogens is 380 g/mol. The summed E-state index contributed by atoms with van der Waals surface area (Å²) in [6.07, 6.45) is 1.32. The van der Waals surface area contributed by atoms with Crippen molar-refractivity contribution in [3.05, 3.63) is 69.5 Å². The van der Waals surface area contributed by atoms with Crippen LogP contribution in [0.25, 0.3) is 11.3 Å². The highest BCUT2D eigenvalue weighted by Crippen LogP contribution is 2.28. The first-order chi connectivity index (χ1) is 13.9. The molecule has 4 nitrogen and oxygen atoms in total. The lowest BCUT2D eigenvalue weighted by molar-refractivity contribution is -0.120. The summed E-state index contributed by atoms with van der Waals surface area (Å²) in [4.78, 5) is 18.1. The van der Waals surface area contributed by atoms with Crippen LogP contribution in [-0.2, 0) is 17.6 Å². The van der Waals surface area contributed by atoms with Gasteiger partial charge in [-0.1, -0.05) is 42.0 Å². The second kappa shape index (κ2) is 9.70. The Balaban J connectivity index is 1.54. The molecule has 3 aromatic rings. The topological polar surface area (TPSA) is 51.2 Å². The van der Waals surface area contributed by atoms with Gasteiger partial charge >= 0.3 is 0 Å². The molecule has 0 fully saturated rings. The second-order valence-electron chi connectivity index (χ2n) is 7.46. The number of nitrogens with zero attached hydrogens (tertiary/aromatic N) is 1. The molecule has 1 aromatic heterocycles. The van der Waals surface area contributed by atoms with Crippen molar-refractivity contribution in [1.29, 1.82) is 0 Å². The predicted molar refractivity (Wildman–Crippen MR) is 120 cm³/mol. The highest BCUT2D eigenvalue weighted by molar-refractivity contribution is 7.12. The normalized spacial score (nSPS) is 10.9. The number of rotatable bonds is 8. The van der Waals surface area contributed by atoms with Crippen molar-refractivity contribution in [2.24, 2.45) is 0 Å². The first kappa shape index (κ1) is 21.1. The monoisotopic (exact) mass is 408 g/mol. The Morgan fingerprint density at radius 2 is 1.76 bits per heavy atom. The number of benzene rings is 2. The van der Waals surface area contributed by atoms with Gasteiger partial charge in [-0.15, -0.1) is 11.3 Å². The molecule has 1 heterocycles. The van der Waals surface area contributed by atoms with E-state index in [1.165, 1.54) is 11.1 Å². The van der Waals surface area contributed by atoms with Gasteiger partial charge in [0, 0.05) is 17.0 Å². The highest BCUT2D eigenvalue weighted by atomic mass is 32.1. The minimum atomic E-state index is 0.0294. The van der Waals surface area contributed by atoms with Gasteiger partial charge in [0.1, 0.15) is 5.75 Å². The lowest BCUT2D eigenvalue weighted by Gasteiger charge is -2.10. The molecule has 3 rings (SSSR count). The van der Waals surface area contributed by atoms with Crippen LogP contribution in [0, 0.1) is 13.8 Å². The summed E-state index contributed by atoms with van der Waals surface area (Å²) in [7, 11) is 0. The van der Waals surface area contributed by atoms with Gasteiger partial charge in [0.25, 0.3) is 0 Å². The van der Waals surface area contributed by atoms with E-state index in [0.717, 1.165) is 33.3 Å². The number of hydrogen-bond acceptors (Lipinski definition) is 4. The van der Waals surface area contributed by atoms with Crippen LogP contribution in [0.1, 0.15) is 34.9 Å². The number of aryl methyl sites for hydroxylation is 2. The minimum absolute atomic E-state index is 0.0294. The van der Waals surface area contributed by atoms with E-state index in [1.54, 1.807) is 11.3 Å². The lowest BCUT2D eigenvalue weighted by Crippen LogP contribution is -2.27. The van der Waals surface area contributed by atoms with Gasteiger partial charge < -0.3 is 10.1 Å². The predicted octanol–water partition coefficient (Wildman–Crippen LogP) is 5.12. The van der Waals surface area contributed by atoms with Gasteiger partial charge in [-0.25, -0.2) is 4.98 Å². The molecule has 1 amide bonds. The maximum Gasteiger partial charge on any atom is 0.225 e. The van der Waals surface area contributed by atoms with Crippen LogP contribution in [0.3, 0.4) is 0 Å². The van der Waals surface area contributed by atoms with Crippen molar-refractivity contribution in [2.45, 2.75) is 46.6 Å². The molecule has 29 heavy (non-hydrogen) atoms. The third-order valence-electron chi connectivity index (χ3n) is 4.48. The zero-order chi connectivity index (χ0) is 20.8. The number of hydrogen-bond donors (Lipinski definition) is 1. The zero-order valence-electron chi connectivity index (χ0n) is 17.5. The standard InChI is InChI=1S/C24H28N2O2S/c1-16(2)28-21-11-7-19(8-12-21)13-14-25-23(27)15-22-24(26-18(4)29-22)20-9-5-17(3)6-10-20/h5-12,16H,13-15H2,1-4H3,(H,25,27). The molecule has 0 unspecified atom stereocenters. The number of nitrogens with one attached hydrogen (secondary N) is 1. The molecule has 2 aromatic carbocycles. The Morgan fingerprint density at radius 1 is 1.07 bits per heavy atom. The summed E-state index contributed by atoms with van der Waals surface area (Å²) >= 11 is 1.59. The molecule has 0 aliphatic carbocycles. The Morgan fingerprint density at radius 3 is 2.41 bits per heavy atom. The van der Waals surface area contributed by atoms with E-state index < -0.39 is 0 Å². The van der Waals surface area contributed by atoms with Gasteiger partial charge in [-0.3, -0.25) is 4.79 Å². The summed E-state index contributed by atoms with van der Waals surface area (Å²) in [6.45, 7) is 8.68. The average Bonchev–Trinajstić information content (AvgIpc) is 3.03. The molecule has 0 spiro atoms. The molecule has 1 N–H and O–H groups in total. The van der Waals surface area contributed by atoms with E-state index in [4.69, 9.17) is 4.74 Å². The van der Waals surface area contributed by atoms with Crippen LogP contribution in [0.15, 0.2) is 48.5 Å². The van der Waals surface area contributed by atoms with Crippen LogP contribution in [-0.4, -0.2) is 23.5 Å². The van der Waals surface area contributed by atoms with Crippen molar-refractivity contribution in [3.8, 4) is 17.0 Å². The van der Waals surface area contributed by atoms with Crippen LogP contribution >= 0.6 is 11.3 Å². The number of amides is 1. The van der Waals surface area contributed by atoms with Crippen LogP contribution in [0.2, 0.25) is 0 Å². The lowest BCUT2D eigenvalue weighted by atomic mass is 10.1. The van der Waals surface area contributed by atoms with Gasteiger partial charge in [0.2, 0.25) is 5.91 Å². The molecule has 0 saturated heterocycles. The first-order valence-corrected chi connectivity index (χ1v) is 10.8. The Kier molecular flexibility index (Phi) is 7.04. The Hall–Kier alpha value is -2.66. The van der Waals surface area contributed by atoms with Crippen LogP contribution in [0.4, 0.5) is 0 Å². The van der Waals surface area contributed by atoms with E-state index >= 15 is 0 Å². The molecule has 152 valence electrons. The number of carbonyl (C=O) groups is 1. The molecule has 0 aliphatic rings. The van der Waals surface area contributed by atoms with Crippen LogP contribution < -0.4 is 10.1 Å². The second-order valence-corrected chi connectivity index (χ2v) is 8.75. The van der Waals surface area contributed by atoms with E-state index in [2.05, 4.69) is 41.5 Å². The zero-order valence-corrected chi connectivity index (χ0v) is 18.3. The van der Waals surface area contributed by atoms with Crippen molar-refractivity contribution in [2.75, 3.05) is 6.54 Å². The Labute approximate surface area is 177 Å². The Bertz CT molecular complexity index is 944. The number of carbonyl (C=O) groups excluding carboxylic acids is 1. The quantitative estimate of drug-likeness (QED) is 0.563. The maximum absolute atomic E-state index is 12.5. The molecule has 0 bridgehead atoms. The van der Waals surface area contributed by atoms with Crippen molar-refractivity contribution < 1.29 is 9.53 Å². The molecule has 0 aliphatic heterocycles. The maximum atomic E-state index is 12.5. The van der Waals surface area contributed by atoms with Gasteiger partial charge in [-0.2, -0.15) is 0 Å². The molecule has 0 atom stereocenters. The van der Waals surface area contributed by atoms with Crippen LogP contribution in [0.5, 0.6) is 5.75 Å². The summed E-state index contributed by atoms with van der Waals surface area (Å²) in [6, 6.07) is 16.3. The largest absolute Gasteiger partial charge is 0.491 e. The van der Waals surface area contributed by atoms with Gasteiger partial charge in [-0.05, 0) is 51.8 Å². The number of ether oxygens (including phenoxy) is 1. The fraction of sp³-hybridized carbons (Fsp3) is 0.333. The summed E-state index contributed by atoms with van der Waals surface area (Å²) in [5, 5.41) is 4.01. The first-order valence-electron chi connectivity index (χ1n) is 9.96. The SMILES string of the molecule is Cc1ccc(-c2nc(C)sc2CC(=O)NCCc2ccc(OC(C)C)cc2)cc1. The average molecular weight is 409 g/mol. The van der Waals surface area contributed by atoms with Crippen molar-refractivity contribution in [3.63, 3.8) is 0 Å².